The van der Waals surface area contributed by atoms with Gasteiger partial charge in [-0.2, -0.15) is 13.2 Å². The first-order chi connectivity index (χ1) is 16.8. The standard InChI is InChI=1S/C24H33NO3.CHF3O3S/c1-3-13-27-24-10-4-5-20-23(24)11-12-25(2,15-16-6-7-16)19(24)14-17-8-9-18(26)22(28-20)21(17)23;2-1(3,4)8(5,6)7/h8-9,16,19-20H,3-7,10-15H2,1-2H3;(H,5,6,7)/t19-,20+,23-,24-,25?;/m1./s1. The topological polar surface area (TPSA) is 95.9 Å². The SMILES string of the molecule is CCCO[C@@]12CCC[C@@H]3Oc4c(O)ccc5c4[C@@]31CC[N+](C)(CC1CC1)[C@@H]2C5.O=S(=O)([O-])C(F)(F)F. The summed E-state index contributed by atoms with van der Waals surface area (Å²) < 4.78 is 73.6. The van der Waals surface area contributed by atoms with Gasteiger partial charge < -0.3 is 23.6 Å². The van der Waals surface area contributed by atoms with Gasteiger partial charge in [-0.05, 0) is 50.2 Å². The number of likely N-dealkylation sites (tertiary alicyclic amines) is 1. The van der Waals surface area contributed by atoms with Crippen LogP contribution in [0.15, 0.2) is 12.1 Å². The lowest BCUT2D eigenvalue weighted by atomic mass is 9.48. The summed E-state index contributed by atoms with van der Waals surface area (Å²) in [6.07, 6.45) is 9.64. The molecule has 1 spiro atoms. The maximum atomic E-state index is 10.7. The van der Waals surface area contributed by atoms with Gasteiger partial charge in [0.05, 0.1) is 25.6 Å². The van der Waals surface area contributed by atoms with Crippen molar-refractivity contribution in [2.24, 2.45) is 5.92 Å². The maximum absolute atomic E-state index is 10.7. The Bertz CT molecular complexity index is 1140. The van der Waals surface area contributed by atoms with Gasteiger partial charge in [0, 0.05) is 30.9 Å². The predicted molar refractivity (Wildman–Crippen MR) is 124 cm³/mol. The van der Waals surface area contributed by atoms with E-state index in [1.165, 1.54) is 48.0 Å². The summed E-state index contributed by atoms with van der Waals surface area (Å²) in [7, 11) is -3.58. The molecule has 2 saturated carbocycles. The molecule has 1 unspecified atom stereocenters. The molecule has 36 heavy (non-hydrogen) atoms. The third kappa shape index (κ3) is 3.75. The quantitative estimate of drug-likeness (QED) is 0.350. The van der Waals surface area contributed by atoms with Crippen molar-refractivity contribution < 1.29 is 45.2 Å². The highest BCUT2D eigenvalue weighted by atomic mass is 32.2. The molecule has 1 saturated heterocycles. The number of aromatic hydroxyl groups is 1. The molecule has 6 rings (SSSR count). The molecule has 2 bridgehead atoms. The van der Waals surface area contributed by atoms with E-state index < -0.39 is 15.6 Å². The molecule has 2 aliphatic heterocycles. The van der Waals surface area contributed by atoms with Gasteiger partial charge in [-0.3, -0.25) is 0 Å². The molecule has 1 aromatic carbocycles. The number of benzene rings is 1. The third-order valence-corrected chi connectivity index (χ3v) is 9.76. The van der Waals surface area contributed by atoms with Gasteiger partial charge in [0.2, 0.25) is 0 Å². The Hall–Kier alpha value is -1.56. The number of likely N-dealkylation sites (N-methyl/N-ethyl adjacent to an activating group) is 1. The minimum absolute atomic E-state index is 0.0615. The van der Waals surface area contributed by atoms with Gasteiger partial charge in [0.25, 0.3) is 0 Å². The lowest BCUT2D eigenvalue weighted by Gasteiger charge is -2.66. The van der Waals surface area contributed by atoms with Gasteiger partial charge in [-0.25, -0.2) is 8.42 Å². The summed E-state index contributed by atoms with van der Waals surface area (Å²) in [5, 5.41) is 10.6. The second-order valence-electron chi connectivity index (χ2n) is 11.4. The van der Waals surface area contributed by atoms with Crippen LogP contribution in [0, 0.1) is 5.92 Å². The second kappa shape index (κ2) is 8.47. The first kappa shape index (κ1) is 26.1. The van der Waals surface area contributed by atoms with Crippen molar-refractivity contribution in [1.29, 1.82) is 0 Å². The number of hydrogen-bond donors (Lipinski definition) is 1. The van der Waals surface area contributed by atoms with E-state index in [4.69, 9.17) is 22.4 Å². The van der Waals surface area contributed by atoms with Crippen molar-refractivity contribution in [1.82, 2.24) is 0 Å². The fourth-order valence-corrected chi connectivity index (χ4v) is 7.69. The molecule has 5 aliphatic rings. The molecule has 1 aromatic rings. The van der Waals surface area contributed by atoms with E-state index >= 15 is 0 Å². The minimum atomic E-state index is -6.09. The average molecular weight is 534 g/mol. The van der Waals surface area contributed by atoms with Crippen LogP contribution in [-0.2, 0) is 26.7 Å². The Kier molecular flexibility index (Phi) is 6.14. The Morgan fingerprint density at radius 3 is 2.56 bits per heavy atom. The fourth-order valence-electron chi connectivity index (χ4n) is 7.69. The Labute approximate surface area is 209 Å². The molecule has 7 nitrogen and oxygen atoms in total. The van der Waals surface area contributed by atoms with Crippen LogP contribution in [0.1, 0.15) is 63.0 Å². The summed E-state index contributed by atoms with van der Waals surface area (Å²) >= 11 is 0. The number of alkyl halides is 3. The summed E-state index contributed by atoms with van der Waals surface area (Å²) in [6, 6.07) is 4.55. The zero-order chi connectivity index (χ0) is 26.1. The van der Waals surface area contributed by atoms with Crippen molar-refractivity contribution in [2.45, 2.75) is 87.0 Å². The van der Waals surface area contributed by atoms with Crippen LogP contribution in [0.25, 0.3) is 0 Å². The molecule has 3 aliphatic carbocycles. The van der Waals surface area contributed by atoms with Gasteiger partial charge in [0.15, 0.2) is 21.6 Å². The molecule has 0 radical (unpaired) electrons. The van der Waals surface area contributed by atoms with Gasteiger partial charge >= 0.3 is 5.51 Å². The van der Waals surface area contributed by atoms with E-state index in [2.05, 4.69) is 20.0 Å². The molecule has 3 fully saturated rings. The van der Waals surface area contributed by atoms with Crippen molar-refractivity contribution in [3.05, 3.63) is 23.3 Å². The molecule has 5 atom stereocenters. The number of halogens is 3. The second-order valence-corrected chi connectivity index (χ2v) is 12.7. The monoisotopic (exact) mass is 533 g/mol. The van der Waals surface area contributed by atoms with Crippen LogP contribution in [0.5, 0.6) is 11.5 Å². The van der Waals surface area contributed by atoms with Crippen LogP contribution in [0.3, 0.4) is 0 Å². The van der Waals surface area contributed by atoms with Crippen LogP contribution in [0.4, 0.5) is 13.2 Å². The Morgan fingerprint density at radius 1 is 1.25 bits per heavy atom. The van der Waals surface area contributed by atoms with E-state index in [0.29, 0.717) is 11.8 Å². The lowest BCUT2D eigenvalue weighted by Crippen LogP contribution is -2.80. The molecular weight excluding hydrogens is 499 g/mol. The van der Waals surface area contributed by atoms with Crippen molar-refractivity contribution >= 4 is 10.1 Å². The van der Waals surface area contributed by atoms with Gasteiger partial charge in [-0.15, -0.1) is 0 Å². The largest absolute Gasteiger partial charge is 0.741 e. The minimum Gasteiger partial charge on any atom is -0.741 e. The van der Waals surface area contributed by atoms with E-state index in [1.54, 1.807) is 0 Å². The van der Waals surface area contributed by atoms with Gasteiger partial charge in [-0.1, -0.05) is 13.0 Å². The van der Waals surface area contributed by atoms with Crippen LogP contribution < -0.4 is 4.74 Å². The van der Waals surface area contributed by atoms with Crippen LogP contribution in [-0.4, -0.2) is 72.6 Å². The van der Waals surface area contributed by atoms with Crippen molar-refractivity contribution in [3.63, 3.8) is 0 Å². The number of hydrogen-bond acceptors (Lipinski definition) is 6. The van der Waals surface area contributed by atoms with Gasteiger partial charge in [0.1, 0.15) is 17.7 Å². The first-order valence-electron chi connectivity index (χ1n) is 12.8. The highest BCUT2D eigenvalue weighted by molar-refractivity contribution is 7.86. The number of rotatable bonds is 5. The number of phenols is 1. The molecule has 1 N–H and O–H groups in total. The van der Waals surface area contributed by atoms with E-state index in [-0.39, 0.29) is 17.1 Å². The van der Waals surface area contributed by atoms with E-state index in [0.717, 1.165) is 50.4 Å². The van der Waals surface area contributed by atoms with Crippen molar-refractivity contribution in [3.8, 4) is 11.5 Å². The third-order valence-electron chi connectivity index (χ3n) is 9.19. The first-order valence-corrected chi connectivity index (χ1v) is 14.2. The molecular formula is C25H34F3NO6S. The number of ether oxygens (including phenoxy) is 2. The number of phenolic OH excluding ortho intramolecular Hbond substituents is 1. The lowest BCUT2D eigenvalue weighted by molar-refractivity contribution is -0.951. The number of quaternary nitrogens is 1. The van der Waals surface area contributed by atoms with E-state index in [9.17, 15) is 18.3 Å². The Morgan fingerprint density at radius 2 is 1.94 bits per heavy atom. The number of piperidine rings is 1. The molecule has 2 heterocycles. The smallest absolute Gasteiger partial charge is 0.485 e. The fraction of sp³-hybridized carbons (Fsp3) is 0.760. The zero-order valence-corrected chi connectivity index (χ0v) is 21.5. The normalized spacial score (nSPS) is 36.4. The van der Waals surface area contributed by atoms with E-state index in [1.807, 2.05) is 6.07 Å². The summed E-state index contributed by atoms with van der Waals surface area (Å²) in [5.41, 5.74) is -3.11. The van der Waals surface area contributed by atoms with Crippen LogP contribution in [0.2, 0.25) is 0 Å². The molecule has 0 amide bonds. The molecule has 11 heteroatoms. The summed E-state index contributed by atoms with van der Waals surface area (Å²) in [5.74, 6) is 2.02. The highest BCUT2D eigenvalue weighted by Crippen LogP contribution is 2.67. The predicted octanol–water partition coefficient (Wildman–Crippen LogP) is 3.98. The number of nitrogens with zero attached hydrogens (tertiary/aromatic N) is 1. The maximum Gasteiger partial charge on any atom is 0.485 e. The average Bonchev–Trinajstić information content (AvgIpc) is 3.52. The molecule has 202 valence electrons. The highest BCUT2D eigenvalue weighted by Gasteiger charge is 2.75. The van der Waals surface area contributed by atoms with Crippen LogP contribution >= 0.6 is 0 Å². The summed E-state index contributed by atoms with van der Waals surface area (Å²) in [4.78, 5) is 0. The zero-order valence-electron chi connectivity index (χ0n) is 20.6. The summed E-state index contributed by atoms with van der Waals surface area (Å²) in [6.45, 7) is 5.58. The van der Waals surface area contributed by atoms with Crippen molar-refractivity contribution in [2.75, 3.05) is 26.7 Å². The molecule has 0 aromatic heterocycles. The Balaban J connectivity index is 0.000000292.